The Bertz CT molecular complexity index is 634. The lowest BCUT2D eigenvalue weighted by Gasteiger charge is -2.14. The topological polar surface area (TPSA) is 75.9 Å². The highest BCUT2D eigenvalue weighted by atomic mass is 16.2. The summed E-state index contributed by atoms with van der Waals surface area (Å²) in [6, 6.07) is 0. The molecule has 0 radical (unpaired) electrons. The summed E-state index contributed by atoms with van der Waals surface area (Å²) in [6.07, 6.45) is 3.30. The van der Waals surface area contributed by atoms with Crippen LogP contribution in [0.4, 0.5) is 5.82 Å². The molecule has 0 atom stereocenters. The van der Waals surface area contributed by atoms with Crippen molar-refractivity contribution in [3.63, 3.8) is 0 Å². The van der Waals surface area contributed by atoms with Gasteiger partial charge in [0.2, 0.25) is 5.91 Å². The summed E-state index contributed by atoms with van der Waals surface area (Å²) in [5.74, 6) is 1.58. The molecular formula is C12H16N6O. The molecule has 1 saturated heterocycles. The van der Waals surface area contributed by atoms with Crippen molar-refractivity contribution >= 4 is 22.8 Å². The molecular weight excluding hydrogens is 244 g/mol. The average molecular weight is 260 g/mol. The van der Waals surface area contributed by atoms with Crippen molar-refractivity contribution in [2.45, 2.75) is 19.4 Å². The SMILES string of the molecule is CNc1nc(CN2CCCC2=O)nc2c1cnn2C. The maximum atomic E-state index is 11.7. The molecule has 2 aromatic rings. The number of amides is 1. The number of aromatic nitrogens is 4. The molecule has 0 bridgehead atoms. The molecule has 3 rings (SSSR count). The van der Waals surface area contributed by atoms with Crippen LogP contribution < -0.4 is 5.32 Å². The maximum absolute atomic E-state index is 11.7. The fourth-order valence-corrected chi connectivity index (χ4v) is 2.37. The highest BCUT2D eigenvalue weighted by Crippen LogP contribution is 2.20. The van der Waals surface area contributed by atoms with E-state index in [1.165, 1.54) is 0 Å². The molecule has 3 heterocycles. The molecule has 2 aromatic heterocycles. The highest BCUT2D eigenvalue weighted by molar-refractivity contribution is 5.86. The van der Waals surface area contributed by atoms with Crippen molar-refractivity contribution in [2.75, 3.05) is 18.9 Å². The van der Waals surface area contributed by atoms with Gasteiger partial charge in [0, 0.05) is 27.1 Å². The summed E-state index contributed by atoms with van der Waals surface area (Å²) < 4.78 is 1.72. The smallest absolute Gasteiger partial charge is 0.223 e. The molecule has 1 N–H and O–H groups in total. The number of nitrogens with one attached hydrogen (secondary N) is 1. The first-order valence-corrected chi connectivity index (χ1v) is 6.33. The normalized spacial score (nSPS) is 15.5. The minimum absolute atomic E-state index is 0.180. The lowest BCUT2D eigenvalue weighted by molar-refractivity contribution is -0.128. The fourth-order valence-electron chi connectivity index (χ4n) is 2.37. The zero-order valence-corrected chi connectivity index (χ0v) is 11.1. The van der Waals surface area contributed by atoms with Crippen molar-refractivity contribution in [2.24, 2.45) is 7.05 Å². The lowest BCUT2D eigenvalue weighted by Crippen LogP contribution is -2.25. The molecule has 0 unspecified atom stereocenters. The van der Waals surface area contributed by atoms with Gasteiger partial charge < -0.3 is 10.2 Å². The summed E-state index contributed by atoms with van der Waals surface area (Å²) in [5, 5.41) is 8.13. The Morgan fingerprint density at radius 1 is 1.42 bits per heavy atom. The number of likely N-dealkylation sites (tertiary alicyclic amines) is 1. The predicted molar refractivity (Wildman–Crippen MR) is 70.5 cm³/mol. The molecule has 0 aromatic carbocycles. The number of rotatable bonds is 3. The largest absolute Gasteiger partial charge is 0.372 e. The van der Waals surface area contributed by atoms with Gasteiger partial charge >= 0.3 is 0 Å². The number of fused-ring (bicyclic) bond motifs is 1. The van der Waals surface area contributed by atoms with E-state index in [-0.39, 0.29) is 5.91 Å². The van der Waals surface area contributed by atoms with E-state index in [1.807, 2.05) is 14.1 Å². The third kappa shape index (κ3) is 2.00. The Morgan fingerprint density at radius 3 is 2.95 bits per heavy atom. The van der Waals surface area contributed by atoms with E-state index in [0.29, 0.717) is 18.8 Å². The van der Waals surface area contributed by atoms with Gasteiger partial charge in [0.05, 0.1) is 18.1 Å². The molecule has 0 spiro atoms. The van der Waals surface area contributed by atoms with Gasteiger partial charge in [-0.25, -0.2) is 9.97 Å². The van der Waals surface area contributed by atoms with Crippen molar-refractivity contribution in [1.29, 1.82) is 0 Å². The molecule has 1 aliphatic heterocycles. The first-order chi connectivity index (χ1) is 9.19. The van der Waals surface area contributed by atoms with Crippen LogP contribution in [-0.4, -0.2) is 44.1 Å². The molecule has 7 heteroatoms. The third-order valence-electron chi connectivity index (χ3n) is 3.38. The zero-order valence-electron chi connectivity index (χ0n) is 11.1. The number of hydrogen-bond acceptors (Lipinski definition) is 5. The van der Waals surface area contributed by atoms with Crippen LogP contribution in [0.5, 0.6) is 0 Å². The van der Waals surface area contributed by atoms with E-state index in [9.17, 15) is 4.79 Å². The molecule has 19 heavy (non-hydrogen) atoms. The van der Waals surface area contributed by atoms with Crippen LogP contribution in [0.2, 0.25) is 0 Å². The molecule has 1 amide bonds. The summed E-state index contributed by atoms with van der Waals surface area (Å²) in [6.45, 7) is 1.26. The Morgan fingerprint density at radius 2 is 2.26 bits per heavy atom. The van der Waals surface area contributed by atoms with Gasteiger partial charge in [-0.3, -0.25) is 9.48 Å². The van der Waals surface area contributed by atoms with Crippen LogP contribution in [0.3, 0.4) is 0 Å². The Labute approximate surface area is 110 Å². The van der Waals surface area contributed by atoms with Crippen LogP contribution in [0.25, 0.3) is 11.0 Å². The molecule has 100 valence electrons. The van der Waals surface area contributed by atoms with Crippen molar-refractivity contribution in [3.05, 3.63) is 12.0 Å². The van der Waals surface area contributed by atoms with Crippen LogP contribution in [0, 0.1) is 0 Å². The van der Waals surface area contributed by atoms with E-state index in [2.05, 4.69) is 20.4 Å². The Kier molecular flexibility index (Phi) is 2.81. The first kappa shape index (κ1) is 11.9. The lowest BCUT2D eigenvalue weighted by atomic mass is 10.3. The van der Waals surface area contributed by atoms with Gasteiger partial charge in [0.25, 0.3) is 0 Å². The molecule has 1 aliphatic rings. The minimum atomic E-state index is 0.180. The van der Waals surface area contributed by atoms with Gasteiger partial charge in [0.1, 0.15) is 5.82 Å². The first-order valence-electron chi connectivity index (χ1n) is 6.33. The Balaban J connectivity index is 1.99. The minimum Gasteiger partial charge on any atom is -0.372 e. The molecule has 7 nitrogen and oxygen atoms in total. The van der Waals surface area contributed by atoms with E-state index in [4.69, 9.17) is 0 Å². The zero-order chi connectivity index (χ0) is 13.4. The van der Waals surface area contributed by atoms with Crippen LogP contribution in [0.15, 0.2) is 6.20 Å². The number of carbonyl (C=O) groups is 1. The number of nitrogens with zero attached hydrogens (tertiary/aromatic N) is 5. The summed E-state index contributed by atoms with van der Waals surface area (Å²) in [5.41, 5.74) is 0.779. The number of anilines is 1. The standard InChI is InChI=1S/C12H16N6O/c1-13-11-8-6-14-17(2)12(8)16-9(15-11)7-18-5-3-4-10(18)19/h6H,3-5,7H2,1-2H3,(H,13,15,16). The number of aryl methyl sites for hydroxylation is 1. The number of carbonyl (C=O) groups excluding carboxylic acids is 1. The van der Waals surface area contributed by atoms with Crippen molar-refractivity contribution in [3.8, 4) is 0 Å². The quantitative estimate of drug-likeness (QED) is 0.871. The maximum Gasteiger partial charge on any atom is 0.223 e. The van der Waals surface area contributed by atoms with Gasteiger partial charge in [-0.15, -0.1) is 0 Å². The van der Waals surface area contributed by atoms with Gasteiger partial charge in [-0.1, -0.05) is 0 Å². The third-order valence-corrected chi connectivity index (χ3v) is 3.38. The van der Waals surface area contributed by atoms with Gasteiger partial charge in [-0.05, 0) is 6.42 Å². The van der Waals surface area contributed by atoms with Crippen LogP contribution >= 0.6 is 0 Å². The fraction of sp³-hybridized carbons (Fsp3) is 0.500. The second kappa shape index (κ2) is 4.49. The van der Waals surface area contributed by atoms with E-state index >= 15 is 0 Å². The van der Waals surface area contributed by atoms with Crippen molar-refractivity contribution in [1.82, 2.24) is 24.6 Å². The van der Waals surface area contributed by atoms with Gasteiger partial charge in [-0.2, -0.15) is 5.10 Å². The monoisotopic (exact) mass is 260 g/mol. The summed E-state index contributed by atoms with van der Waals surface area (Å²) in [4.78, 5) is 22.4. The Hall–Kier alpha value is -2.18. The summed E-state index contributed by atoms with van der Waals surface area (Å²) >= 11 is 0. The molecule has 1 fully saturated rings. The predicted octanol–water partition coefficient (Wildman–Crippen LogP) is 0.527. The van der Waals surface area contributed by atoms with Crippen molar-refractivity contribution < 1.29 is 4.79 Å². The average Bonchev–Trinajstić information content (AvgIpc) is 2.97. The second-order valence-corrected chi connectivity index (χ2v) is 4.66. The van der Waals surface area contributed by atoms with Crippen LogP contribution in [0.1, 0.15) is 18.7 Å². The van der Waals surface area contributed by atoms with Crippen LogP contribution in [-0.2, 0) is 18.4 Å². The summed E-state index contributed by atoms with van der Waals surface area (Å²) in [7, 11) is 3.67. The molecule has 0 aliphatic carbocycles. The van der Waals surface area contributed by atoms with Gasteiger partial charge in [0.15, 0.2) is 11.5 Å². The second-order valence-electron chi connectivity index (χ2n) is 4.66. The van der Waals surface area contributed by atoms with E-state index < -0.39 is 0 Å². The highest BCUT2D eigenvalue weighted by Gasteiger charge is 2.22. The number of hydrogen-bond donors (Lipinski definition) is 1. The molecule has 0 saturated carbocycles. The van der Waals surface area contributed by atoms with E-state index in [1.54, 1.807) is 15.8 Å². The van der Waals surface area contributed by atoms with E-state index in [0.717, 1.165) is 29.8 Å².